The Hall–Kier alpha value is -2.31. The second kappa shape index (κ2) is 10.1. The maximum atomic E-state index is 13.7. The molecule has 2 aliphatic rings. The van der Waals surface area contributed by atoms with Gasteiger partial charge < -0.3 is 20.7 Å². The number of amides is 2. The summed E-state index contributed by atoms with van der Waals surface area (Å²) in [6, 6.07) is 2.35. The van der Waals surface area contributed by atoms with Crippen LogP contribution in [0.25, 0.3) is 0 Å². The van der Waals surface area contributed by atoms with Crippen LogP contribution < -0.4 is 16.0 Å². The van der Waals surface area contributed by atoms with Crippen LogP contribution >= 0.6 is 0 Å². The number of hydrogen-bond donors (Lipinski definition) is 2. The third-order valence-electron chi connectivity index (χ3n) is 5.36. The summed E-state index contributed by atoms with van der Waals surface area (Å²) in [6.45, 7) is -1.40. The smallest absolute Gasteiger partial charge is 0.370 e. The van der Waals surface area contributed by atoms with E-state index in [4.69, 9.17) is 10.5 Å². The first kappa shape index (κ1) is 24.3. The molecule has 0 unspecified atom stereocenters. The van der Waals surface area contributed by atoms with E-state index in [0.29, 0.717) is 0 Å². The van der Waals surface area contributed by atoms with E-state index in [1.165, 1.54) is 17.0 Å². The molecule has 1 saturated carbocycles. The highest BCUT2D eigenvalue weighted by Gasteiger charge is 2.39. The van der Waals surface area contributed by atoms with E-state index < -0.39 is 43.2 Å². The zero-order valence-corrected chi connectivity index (χ0v) is 17.2. The molecular formula is C20H25F5N4O3. The summed E-state index contributed by atoms with van der Waals surface area (Å²) >= 11 is 0. The Morgan fingerprint density at radius 1 is 1.31 bits per heavy atom. The molecule has 1 atom stereocenters. The normalized spacial score (nSPS) is 18.4. The van der Waals surface area contributed by atoms with Gasteiger partial charge in [-0.25, -0.2) is 8.78 Å². The third-order valence-corrected chi connectivity index (χ3v) is 5.36. The number of carbonyl (C=O) groups is 2. The fraction of sp³-hybridized carbons (Fsp3) is 0.600. The molecule has 2 amide bonds. The standard InChI is InChI=1S/C20H25F5N4O3/c21-18(22)14-7-13(29-5-6-32-10-17(29)30)3-4-15(14)27-19(31)16(8-26)28(9-12-1-2-12)11-20(23,24)25/h3-4,7,12,16,18H,1-2,5-6,8-11,26H2,(H,27,31)/t16-/m1/s1. The molecule has 1 aromatic carbocycles. The monoisotopic (exact) mass is 464 g/mol. The fourth-order valence-corrected chi connectivity index (χ4v) is 3.61. The number of halogens is 5. The summed E-state index contributed by atoms with van der Waals surface area (Å²) in [5.41, 5.74) is 5.03. The van der Waals surface area contributed by atoms with Crippen LogP contribution in [0.5, 0.6) is 0 Å². The average molecular weight is 464 g/mol. The molecule has 1 aromatic rings. The van der Waals surface area contributed by atoms with Crippen LogP contribution in [0.3, 0.4) is 0 Å². The van der Waals surface area contributed by atoms with Gasteiger partial charge in [-0.15, -0.1) is 0 Å². The predicted molar refractivity (Wildman–Crippen MR) is 106 cm³/mol. The van der Waals surface area contributed by atoms with Gasteiger partial charge in [0, 0.05) is 36.6 Å². The Morgan fingerprint density at radius 3 is 2.59 bits per heavy atom. The van der Waals surface area contributed by atoms with Crippen molar-refractivity contribution < 1.29 is 36.3 Å². The molecule has 3 rings (SSSR count). The van der Waals surface area contributed by atoms with Crippen LogP contribution in [0.1, 0.15) is 24.8 Å². The molecule has 32 heavy (non-hydrogen) atoms. The molecule has 1 aliphatic heterocycles. The number of carbonyl (C=O) groups excluding carboxylic acids is 2. The van der Waals surface area contributed by atoms with Crippen LogP contribution in [0.15, 0.2) is 18.2 Å². The lowest BCUT2D eigenvalue weighted by Gasteiger charge is -2.31. The highest BCUT2D eigenvalue weighted by atomic mass is 19.4. The Bertz CT molecular complexity index is 832. The quantitative estimate of drug-likeness (QED) is 0.549. The lowest BCUT2D eigenvalue weighted by molar-refractivity contribution is -0.154. The van der Waals surface area contributed by atoms with Gasteiger partial charge in [0.05, 0.1) is 13.2 Å². The molecule has 7 nitrogen and oxygen atoms in total. The Labute approximate surface area is 181 Å². The molecule has 1 saturated heterocycles. The highest BCUT2D eigenvalue weighted by Crippen LogP contribution is 2.33. The minimum absolute atomic E-state index is 0.0502. The molecule has 0 aromatic heterocycles. The van der Waals surface area contributed by atoms with Gasteiger partial charge >= 0.3 is 6.18 Å². The molecule has 2 fully saturated rings. The number of alkyl halides is 5. The van der Waals surface area contributed by atoms with Gasteiger partial charge in [0.1, 0.15) is 12.6 Å². The molecule has 0 bridgehead atoms. The summed E-state index contributed by atoms with van der Waals surface area (Å²) in [5.74, 6) is -1.23. The number of benzene rings is 1. The van der Waals surface area contributed by atoms with Crippen LogP contribution in [0.4, 0.5) is 33.3 Å². The Balaban J connectivity index is 1.80. The minimum atomic E-state index is -4.54. The zero-order chi connectivity index (χ0) is 23.5. The molecule has 1 heterocycles. The Morgan fingerprint density at radius 2 is 2.03 bits per heavy atom. The third kappa shape index (κ3) is 6.36. The second-order valence-corrected chi connectivity index (χ2v) is 7.90. The number of morpholine rings is 1. The predicted octanol–water partition coefficient (Wildman–Crippen LogP) is 2.53. The van der Waals surface area contributed by atoms with E-state index in [9.17, 15) is 31.5 Å². The van der Waals surface area contributed by atoms with E-state index in [2.05, 4.69) is 5.32 Å². The van der Waals surface area contributed by atoms with Crippen molar-refractivity contribution in [3.05, 3.63) is 23.8 Å². The first-order valence-electron chi connectivity index (χ1n) is 10.2. The maximum absolute atomic E-state index is 13.7. The molecule has 12 heteroatoms. The van der Waals surface area contributed by atoms with E-state index in [0.717, 1.165) is 23.8 Å². The molecule has 178 valence electrons. The largest absolute Gasteiger partial charge is 0.401 e. The summed E-state index contributed by atoms with van der Waals surface area (Å²) in [7, 11) is 0. The first-order valence-corrected chi connectivity index (χ1v) is 10.2. The van der Waals surface area contributed by atoms with Crippen LogP contribution in [0.2, 0.25) is 0 Å². The van der Waals surface area contributed by atoms with Gasteiger partial charge in [0.25, 0.3) is 12.3 Å². The molecule has 1 aliphatic carbocycles. The van der Waals surface area contributed by atoms with Crippen LogP contribution in [-0.4, -0.2) is 68.3 Å². The summed E-state index contributed by atoms with van der Waals surface area (Å²) < 4.78 is 71.5. The highest BCUT2D eigenvalue weighted by molar-refractivity contribution is 5.97. The maximum Gasteiger partial charge on any atom is 0.401 e. The van der Waals surface area contributed by atoms with Crippen molar-refractivity contribution >= 4 is 23.2 Å². The van der Waals surface area contributed by atoms with Crippen molar-refractivity contribution in [2.45, 2.75) is 31.5 Å². The topological polar surface area (TPSA) is 87.9 Å². The Kier molecular flexibility index (Phi) is 7.67. The van der Waals surface area contributed by atoms with Crippen molar-refractivity contribution in [3.63, 3.8) is 0 Å². The summed E-state index contributed by atoms with van der Waals surface area (Å²) in [5, 5.41) is 2.31. The van der Waals surface area contributed by atoms with Gasteiger partial charge in [0.15, 0.2) is 0 Å². The number of rotatable bonds is 9. The zero-order valence-electron chi connectivity index (χ0n) is 17.2. The molecular weight excluding hydrogens is 439 g/mol. The number of nitrogens with two attached hydrogens (primary N) is 1. The number of ether oxygens (including phenoxy) is 1. The van der Waals surface area contributed by atoms with E-state index in [1.54, 1.807) is 0 Å². The molecule has 3 N–H and O–H groups in total. The van der Waals surface area contributed by atoms with E-state index in [1.807, 2.05) is 0 Å². The number of hydrogen-bond acceptors (Lipinski definition) is 5. The van der Waals surface area contributed by atoms with Crippen molar-refractivity contribution in [1.82, 2.24) is 4.90 Å². The summed E-state index contributed by atoms with van der Waals surface area (Å²) in [4.78, 5) is 27.0. The van der Waals surface area contributed by atoms with Gasteiger partial charge in [-0.05, 0) is 37.0 Å². The second-order valence-electron chi connectivity index (χ2n) is 7.90. The van der Waals surface area contributed by atoms with Gasteiger partial charge in [-0.1, -0.05) is 0 Å². The summed E-state index contributed by atoms with van der Waals surface area (Å²) in [6.07, 6.45) is -5.99. The van der Waals surface area contributed by atoms with Gasteiger partial charge in [-0.2, -0.15) is 13.2 Å². The van der Waals surface area contributed by atoms with Crippen molar-refractivity contribution in [2.24, 2.45) is 11.7 Å². The number of nitrogens with zero attached hydrogens (tertiary/aromatic N) is 2. The lowest BCUT2D eigenvalue weighted by atomic mass is 10.1. The first-order chi connectivity index (χ1) is 15.1. The van der Waals surface area contributed by atoms with E-state index >= 15 is 0 Å². The van der Waals surface area contributed by atoms with Gasteiger partial charge in [-0.3, -0.25) is 14.5 Å². The van der Waals surface area contributed by atoms with Crippen molar-refractivity contribution in [1.29, 1.82) is 0 Å². The SMILES string of the molecule is NC[C@H](C(=O)Nc1ccc(N2CCOCC2=O)cc1C(F)F)N(CC1CC1)CC(F)(F)F. The van der Waals surface area contributed by atoms with Crippen molar-refractivity contribution in [2.75, 3.05) is 49.6 Å². The average Bonchev–Trinajstić information content (AvgIpc) is 3.52. The lowest BCUT2D eigenvalue weighted by Crippen LogP contribution is -2.52. The number of anilines is 2. The van der Waals surface area contributed by atoms with Crippen LogP contribution in [0, 0.1) is 5.92 Å². The molecule has 0 spiro atoms. The van der Waals surface area contributed by atoms with Gasteiger partial charge in [0.2, 0.25) is 5.91 Å². The number of nitrogens with one attached hydrogen (secondary N) is 1. The van der Waals surface area contributed by atoms with E-state index in [-0.39, 0.29) is 49.5 Å². The van der Waals surface area contributed by atoms with Crippen molar-refractivity contribution in [3.8, 4) is 0 Å². The minimum Gasteiger partial charge on any atom is -0.370 e. The fourth-order valence-electron chi connectivity index (χ4n) is 3.61. The van der Waals surface area contributed by atoms with Crippen LogP contribution in [-0.2, 0) is 14.3 Å². The molecule has 0 radical (unpaired) electrons.